The number of hydrogen-bond donors (Lipinski definition) is 3. The fourth-order valence-corrected chi connectivity index (χ4v) is 3.69. The van der Waals surface area contributed by atoms with Gasteiger partial charge in [-0.3, -0.25) is 5.10 Å². The Kier molecular flexibility index (Phi) is 11.5. The largest absolute Gasteiger partial charge is 0.490 e. The summed E-state index contributed by atoms with van der Waals surface area (Å²) in [5.74, 6) is -5.51. The van der Waals surface area contributed by atoms with Gasteiger partial charge in [0.1, 0.15) is 0 Å². The molecule has 3 N–H and O–H groups in total. The van der Waals surface area contributed by atoms with Crippen molar-refractivity contribution in [2.75, 3.05) is 13.1 Å². The minimum absolute atomic E-state index is 0.0633. The van der Waals surface area contributed by atoms with Crippen LogP contribution in [0.15, 0.2) is 6.20 Å². The summed E-state index contributed by atoms with van der Waals surface area (Å²) in [5, 5.41) is 30.4. The van der Waals surface area contributed by atoms with Crippen LogP contribution in [0.3, 0.4) is 0 Å². The number of carbonyl (C=O) groups is 2. The Bertz CT molecular complexity index is 1040. The molecule has 0 amide bonds. The summed E-state index contributed by atoms with van der Waals surface area (Å²) >= 11 is 0. The van der Waals surface area contributed by atoms with Crippen LogP contribution in [-0.4, -0.2) is 83.7 Å². The number of nitrogens with zero attached hydrogens (tertiary/aromatic N) is 5. The Labute approximate surface area is 221 Å². The molecule has 2 aromatic heterocycles. The van der Waals surface area contributed by atoms with Crippen LogP contribution < -0.4 is 0 Å². The maximum absolute atomic E-state index is 10.6. The molecule has 0 spiro atoms. The number of aromatic nitrogens is 5. The standard InChI is InChI=1S/C19H32N6.2C2HF3O2/c1-13(11-17-14(2)20-21-15(17)3)24-9-7-16(8-10-24)25-12-18(22-23-25)19(4,5)6;2*3-2(4,5)1(6)7/h12-13,16H,7-11H2,1-6H3,(H,20,21);2*(H,6,7). The van der Waals surface area contributed by atoms with Gasteiger partial charge in [-0.2, -0.15) is 31.4 Å². The van der Waals surface area contributed by atoms with Crippen LogP contribution in [-0.2, 0) is 21.4 Å². The molecule has 10 nitrogen and oxygen atoms in total. The average Bonchev–Trinajstić information content (AvgIpc) is 3.42. The molecule has 1 aliphatic rings. The first-order chi connectivity index (χ1) is 17.6. The van der Waals surface area contributed by atoms with Crippen molar-refractivity contribution in [3.63, 3.8) is 0 Å². The Morgan fingerprint density at radius 2 is 1.49 bits per heavy atom. The molecule has 2 aromatic rings. The number of rotatable bonds is 4. The Balaban J connectivity index is 0.000000449. The molecule has 1 aliphatic heterocycles. The SMILES string of the molecule is Cc1n[nH]c(C)c1CC(C)N1CCC(n2cc(C(C)(C)C)nn2)CC1.O=C(O)C(F)(F)F.O=C(O)C(F)(F)F. The molecule has 0 aliphatic carbocycles. The molecule has 0 saturated carbocycles. The van der Waals surface area contributed by atoms with Gasteiger partial charge < -0.3 is 15.1 Å². The van der Waals surface area contributed by atoms with Crippen molar-refractivity contribution >= 4 is 11.9 Å². The van der Waals surface area contributed by atoms with Crippen molar-refractivity contribution in [1.29, 1.82) is 0 Å². The van der Waals surface area contributed by atoms with E-state index < -0.39 is 24.3 Å². The molecule has 0 aromatic carbocycles. The summed E-state index contributed by atoms with van der Waals surface area (Å²) in [6.07, 6.45) is -4.68. The smallest absolute Gasteiger partial charge is 0.475 e. The summed E-state index contributed by atoms with van der Waals surface area (Å²) < 4.78 is 65.6. The van der Waals surface area contributed by atoms with E-state index in [1.165, 1.54) is 11.3 Å². The number of alkyl halides is 6. The molecule has 0 radical (unpaired) electrons. The number of nitrogens with one attached hydrogen (secondary N) is 1. The van der Waals surface area contributed by atoms with E-state index in [0.29, 0.717) is 12.1 Å². The van der Waals surface area contributed by atoms with E-state index in [4.69, 9.17) is 19.8 Å². The second-order valence-electron chi connectivity index (χ2n) is 10.2. The van der Waals surface area contributed by atoms with E-state index >= 15 is 0 Å². The molecule has 3 heterocycles. The van der Waals surface area contributed by atoms with Gasteiger partial charge in [-0.05, 0) is 45.6 Å². The number of aromatic amines is 1. The number of carboxylic acids is 2. The quantitative estimate of drug-likeness (QED) is 0.457. The maximum atomic E-state index is 10.6. The zero-order chi connectivity index (χ0) is 30.3. The van der Waals surface area contributed by atoms with Gasteiger partial charge in [-0.1, -0.05) is 26.0 Å². The van der Waals surface area contributed by atoms with Crippen molar-refractivity contribution in [3.8, 4) is 0 Å². The molecule has 1 atom stereocenters. The van der Waals surface area contributed by atoms with E-state index in [9.17, 15) is 26.3 Å². The maximum Gasteiger partial charge on any atom is 0.490 e. The molecule has 1 unspecified atom stereocenters. The highest BCUT2D eigenvalue weighted by atomic mass is 19.4. The van der Waals surface area contributed by atoms with Crippen LogP contribution in [0.5, 0.6) is 0 Å². The third-order valence-corrected chi connectivity index (χ3v) is 6.04. The molecular formula is C23H34F6N6O4. The van der Waals surface area contributed by atoms with Crippen LogP contribution in [0.2, 0.25) is 0 Å². The molecule has 39 heavy (non-hydrogen) atoms. The van der Waals surface area contributed by atoms with Gasteiger partial charge in [-0.25, -0.2) is 14.3 Å². The topological polar surface area (TPSA) is 137 Å². The summed E-state index contributed by atoms with van der Waals surface area (Å²) in [6, 6.07) is 1.02. The predicted octanol–water partition coefficient (Wildman–Crippen LogP) is 4.45. The number of aliphatic carboxylic acids is 2. The van der Waals surface area contributed by atoms with Gasteiger partial charge in [0.05, 0.1) is 17.4 Å². The molecule has 0 bridgehead atoms. The van der Waals surface area contributed by atoms with E-state index in [1.54, 1.807) is 0 Å². The van der Waals surface area contributed by atoms with Gasteiger partial charge in [0.2, 0.25) is 0 Å². The fourth-order valence-electron chi connectivity index (χ4n) is 3.69. The van der Waals surface area contributed by atoms with Crippen LogP contribution >= 0.6 is 0 Å². The Morgan fingerprint density at radius 3 is 1.82 bits per heavy atom. The lowest BCUT2D eigenvalue weighted by Gasteiger charge is -2.36. The first-order valence-corrected chi connectivity index (χ1v) is 11.9. The zero-order valence-corrected chi connectivity index (χ0v) is 22.5. The molecular weight excluding hydrogens is 538 g/mol. The molecule has 16 heteroatoms. The van der Waals surface area contributed by atoms with Crippen molar-refractivity contribution < 1.29 is 46.1 Å². The van der Waals surface area contributed by atoms with Crippen LogP contribution in [0.25, 0.3) is 0 Å². The van der Waals surface area contributed by atoms with Gasteiger partial charge in [0, 0.05) is 36.4 Å². The third kappa shape index (κ3) is 10.8. The lowest BCUT2D eigenvalue weighted by molar-refractivity contribution is -0.193. The van der Waals surface area contributed by atoms with Crippen LogP contribution in [0.4, 0.5) is 26.3 Å². The summed E-state index contributed by atoms with van der Waals surface area (Å²) in [4.78, 5) is 20.4. The van der Waals surface area contributed by atoms with E-state index in [0.717, 1.165) is 43.7 Å². The summed E-state index contributed by atoms with van der Waals surface area (Å²) in [7, 11) is 0. The van der Waals surface area contributed by atoms with E-state index in [2.05, 4.69) is 77.8 Å². The average molecular weight is 573 g/mol. The highest BCUT2D eigenvalue weighted by Crippen LogP contribution is 2.27. The molecule has 1 saturated heterocycles. The lowest BCUT2D eigenvalue weighted by Crippen LogP contribution is -2.41. The molecule has 1 fully saturated rings. The Morgan fingerprint density at radius 1 is 1.03 bits per heavy atom. The molecule has 222 valence electrons. The minimum Gasteiger partial charge on any atom is -0.475 e. The van der Waals surface area contributed by atoms with Gasteiger partial charge in [0.25, 0.3) is 0 Å². The number of hydrogen-bond acceptors (Lipinski definition) is 6. The first-order valence-electron chi connectivity index (χ1n) is 11.9. The van der Waals surface area contributed by atoms with Crippen LogP contribution in [0.1, 0.15) is 69.2 Å². The number of carboxylic acid groups (broad SMARTS) is 2. The predicted molar refractivity (Wildman–Crippen MR) is 127 cm³/mol. The summed E-state index contributed by atoms with van der Waals surface area (Å²) in [6.45, 7) is 15.3. The van der Waals surface area contributed by atoms with Gasteiger partial charge >= 0.3 is 24.3 Å². The number of H-pyrrole nitrogens is 1. The van der Waals surface area contributed by atoms with Crippen LogP contribution in [0, 0.1) is 13.8 Å². The molecule has 3 rings (SSSR count). The van der Waals surface area contributed by atoms with Crippen molar-refractivity contribution in [3.05, 3.63) is 28.8 Å². The number of aryl methyl sites for hydroxylation is 2. The summed E-state index contributed by atoms with van der Waals surface area (Å²) in [5.41, 5.74) is 4.86. The third-order valence-electron chi connectivity index (χ3n) is 6.04. The van der Waals surface area contributed by atoms with Gasteiger partial charge in [-0.15, -0.1) is 5.10 Å². The minimum atomic E-state index is -5.08. The Hall–Kier alpha value is -3.17. The van der Waals surface area contributed by atoms with E-state index in [1.807, 2.05) is 0 Å². The van der Waals surface area contributed by atoms with E-state index in [-0.39, 0.29) is 5.41 Å². The number of halogens is 6. The van der Waals surface area contributed by atoms with Crippen molar-refractivity contribution in [2.45, 2.75) is 90.7 Å². The second kappa shape index (κ2) is 13.3. The second-order valence-corrected chi connectivity index (χ2v) is 10.2. The highest BCUT2D eigenvalue weighted by molar-refractivity contribution is 5.73. The van der Waals surface area contributed by atoms with Gasteiger partial charge in [0.15, 0.2) is 0 Å². The van der Waals surface area contributed by atoms with Crippen molar-refractivity contribution in [2.24, 2.45) is 0 Å². The van der Waals surface area contributed by atoms with Crippen molar-refractivity contribution in [1.82, 2.24) is 30.1 Å². The first kappa shape index (κ1) is 33.9. The zero-order valence-electron chi connectivity index (χ0n) is 22.5. The lowest BCUT2D eigenvalue weighted by atomic mass is 9.93. The highest BCUT2D eigenvalue weighted by Gasteiger charge is 2.39. The number of likely N-dealkylation sites (tertiary alicyclic amines) is 1. The fraction of sp³-hybridized carbons (Fsp3) is 0.696. The monoisotopic (exact) mass is 572 g/mol. The normalized spacial score (nSPS) is 16.0. The number of piperidine rings is 1.